The van der Waals surface area contributed by atoms with Crippen LogP contribution >= 0.6 is 0 Å². The third kappa shape index (κ3) is 6.67. The molecule has 0 aromatic heterocycles. The Hall–Kier alpha value is -4.50. The van der Waals surface area contributed by atoms with Crippen molar-refractivity contribution in [1.82, 2.24) is 19.8 Å². The molecule has 4 aliphatic heterocycles. The lowest BCUT2D eigenvalue weighted by Crippen LogP contribution is -2.54. The van der Waals surface area contributed by atoms with Crippen LogP contribution in [0, 0.1) is 0 Å². The number of alkyl carbamates (subject to hydrolysis) is 1. The zero-order valence-corrected chi connectivity index (χ0v) is 27.2. The van der Waals surface area contributed by atoms with Crippen LogP contribution in [0.15, 0.2) is 47.4 Å². The molecule has 3 saturated heterocycles. The van der Waals surface area contributed by atoms with E-state index in [-0.39, 0.29) is 54.1 Å². The Labute approximate surface area is 272 Å². The summed E-state index contributed by atoms with van der Waals surface area (Å²) in [6.45, 7) is 6.78. The zero-order chi connectivity index (χ0) is 33.7. The first kappa shape index (κ1) is 32.4. The molecule has 4 heterocycles. The third-order valence-electron chi connectivity index (χ3n) is 8.56. The summed E-state index contributed by atoms with van der Waals surface area (Å²) >= 11 is 0. The Bertz CT molecular complexity index is 1740. The lowest BCUT2D eigenvalue weighted by Gasteiger charge is -2.40. The molecule has 0 saturated carbocycles. The van der Waals surface area contributed by atoms with Crippen LogP contribution < -0.4 is 20.3 Å². The van der Waals surface area contributed by atoms with Crippen LogP contribution in [0.4, 0.5) is 10.5 Å². The van der Waals surface area contributed by atoms with Gasteiger partial charge in [0.25, 0.3) is 11.8 Å². The lowest BCUT2D eigenvalue weighted by molar-refractivity contribution is -0.136. The molecular formula is C32H37N5O9S. The minimum absolute atomic E-state index is 0.0484. The molecule has 0 spiro atoms. The van der Waals surface area contributed by atoms with Gasteiger partial charge in [-0.3, -0.25) is 29.4 Å². The van der Waals surface area contributed by atoms with Gasteiger partial charge in [0.15, 0.2) is 0 Å². The molecule has 3 fully saturated rings. The van der Waals surface area contributed by atoms with Gasteiger partial charge < -0.3 is 19.7 Å². The lowest BCUT2D eigenvalue weighted by atomic mass is 10.0. The molecular weight excluding hydrogens is 630 g/mol. The molecule has 2 N–H and O–H groups in total. The summed E-state index contributed by atoms with van der Waals surface area (Å²) in [5.41, 5.74) is 0.491. The van der Waals surface area contributed by atoms with Gasteiger partial charge in [-0.1, -0.05) is 6.07 Å². The summed E-state index contributed by atoms with van der Waals surface area (Å²) in [7, 11) is -3.78. The number of amides is 5. The standard InChI is InChI=1S/C32H37N5O9S/c1-32(2,3)46-31(42)33-19-11-13-36(14-12-19)47(43,44)23-6-4-5-21(16-23)45-22-17-35(18-22)20-7-8-24-25(15-20)30(41)37(29(24)40)26-9-10-27(38)34-28(26)39/h4-8,15-16,19,22,26H,9-14,17-18H2,1-3H3,(H,33,42)(H,34,38,39). The molecule has 250 valence electrons. The highest BCUT2D eigenvalue weighted by Crippen LogP contribution is 2.33. The number of imide groups is 2. The molecule has 0 radical (unpaired) electrons. The van der Waals surface area contributed by atoms with Gasteiger partial charge in [-0.15, -0.1) is 0 Å². The van der Waals surface area contributed by atoms with Crippen molar-refractivity contribution in [2.45, 2.75) is 75.1 Å². The van der Waals surface area contributed by atoms with Gasteiger partial charge in [-0.2, -0.15) is 4.31 Å². The Morgan fingerprint density at radius 1 is 0.936 bits per heavy atom. The highest BCUT2D eigenvalue weighted by atomic mass is 32.2. The fraction of sp³-hybridized carbons (Fsp3) is 0.469. The number of ether oxygens (including phenoxy) is 2. The molecule has 5 amide bonds. The third-order valence-corrected chi connectivity index (χ3v) is 10.5. The van der Waals surface area contributed by atoms with Crippen molar-refractivity contribution in [1.29, 1.82) is 0 Å². The van der Waals surface area contributed by atoms with Crippen molar-refractivity contribution in [3.8, 4) is 5.75 Å². The second kappa shape index (κ2) is 12.3. The molecule has 2 aromatic rings. The largest absolute Gasteiger partial charge is 0.487 e. The van der Waals surface area contributed by atoms with Crippen molar-refractivity contribution in [2.75, 3.05) is 31.1 Å². The van der Waals surface area contributed by atoms with Gasteiger partial charge in [0.2, 0.25) is 21.8 Å². The summed E-state index contributed by atoms with van der Waals surface area (Å²) in [4.78, 5) is 65.1. The fourth-order valence-corrected chi connectivity index (χ4v) is 7.65. The number of nitrogens with zero attached hydrogens (tertiary/aromatic N) is 3. The Morgan fingerprint density at radius 3 is 2.32 bits per heavy atom. The smallest absolute Gasteiger partial charge is 0.407 e. The average Bonchev–Trinajstić information content (AvgIpc) is 3.23. The quantitative estimate of drug-likeness (QED) is 0.417. The first-order chi connectivity index (χ1) is 22.2. The summed E-state index contributed by atoms with van der Waals surface area (Å²) in [5, 5.41) is 5.01. The molecule has 2 aromatic carbocycles. The summed E-state index contributed by atoms with van der Waals surface area (Å²) in [5.74, 6) is -1.82. The molecule has 4 aliphatic rings. The van der Waals surface area contributed by atoms with Crippen molar-refractivity contribution in [2.24, 2.45) is 0 Å². The van der Waals surface area contributed by atoms with E-state index >= 15 is 0 Å². The molecule has 6 rings (SSSR count). The highest BCUT2D eigenvalue weighted by Gasteiger charge is 2.45. The number of hydrogen-bond donors (Lipinski definition) is 2. The molecule has 0 aliphatic carbocycles. The molecule has 15 heteroatoms. The van der Waals surface area contributed by atoms with Gasteiger partial charge in [0, 0.05) is 37.3 Å². The van der Waals surface area contributed by atoms with Crippen LogP contribution in [0.5, 0.6) is 5.75 Å². The van der Waals surface area contributed by atoms with E-state index in [0.717, 1.165) is 4.90 Å². The normalized spacial score (nSPS) is 21.3. The Morgan fingerprint density at radius 2 is 1.64 bits per heavy atom. The topological polar surface area (TPSA) is 172 Å². The van der Waals surface area contributed by atoms with Crippen molar-refractivity contribution in [3.05, 3.63) is 53.6 Å². The highest BCUT2D eigenvalue weighted by molar-refractivity contribution is 7.89. The number of carbonyl (C=O) groups excluding carboxylic acids is 5. The number of carbonyl (C=O) groups is 5. The van der Waals surface area contributed by atoms with Gasteiger partial charge in [-0.25, -0.2) is 13.2 Å². The zero-order valence-electron chi connectivity index (χ0n) is 26.4. The van der Waals surface area contributed by atoms with E-state index in [4.69, 9.17) is 9.47 Å². The molecule has 47 heavy (non-hydrogen) atoms. The summed E-state index contributed by atoms with van der Waals surface area (Å²) in [6, 6.07) is 10.1. The van der Waals surface area contributed by atoms with Crippen LogP contribution in [0.3, 0.4) is 0 Å². The van der Waals surface area contributed by atoms with Crippen LogP contribution in [-0.4, -0.2) is 97.3 Å². The van der Waals surface area contributed by atoms with E-state index in [2.05, 4.69) is 10.6 Å². The van der Waals surface area contributed by atoms with E-state index in [1.54, 1.807) is 51.1 Å². The molecule has 1 atom stereocenters. The first-order valence-electron chi connectivity index (χ1n) is 15.6. The van der Waals surface area contributed by atoms with Gasteiger partial charge in [0.1, 0.15) is 23.5 Å². The van der Waals surface area contributed by atoms with Gasteiger partial charge in [-0.05, 0) is 70.4 Å². The van der Waals surface area contributed by atoms with Crippen LogP contribution in [0.1, 0.15) is 67.2 Å². The number of piperidine rings is 2. The number of rotatable bonds is 7. The maximum atomic E-state index is 13.4. The summed E-state index contributed by atoms with van der Waals surface area (Å²) < 4.78 is 39.6. The van der Waals surface area contributed by atoms with Crippen molar-refractivity contribution < 1.29 is 41.9 Å². The molecule has 1 unspecified atom stereocenters. The number of fused-ring (bicyclic) bond motifs is 1. The van der Waals surface area contributed by atoms with Crippen molar-refractivity contribution in [3.63, 3.8) is 0 Å². The number of nitrogens with one attached hydrogen (secondary N) is 2. The first-order valence-corrected chi connectivity index (χ1v) is 17.0. The van der Waals surface area contributed by atoms with Crippen LogP contribution in [-0.2, 0) is 24.3 Å². The minimum atomic E-state index is -3.78. The number of anilines is 1. The van der Waals surface area contributed by atoms with E-state index in [1.807, 2.05) is 4.90 Å². The average molecular weight is 668 g/mol. The molecule has 0 bridgehead atoms. The Kier molecular flexibility index (Phi) is 8.47. The van der Waals surface area contributed by atoms with Gasteiger partial charge >= 0.3 is 6.09 Å². The maximum absolute atomic E-state index is 13.4. The van der Waals surface area contributed by atoms with E-state index in [9.17, 15) is 32.4 Å². The van der Waals surface area contributed by atoms with E-state index < -0.39 is 51.4 Å². The second-order valence-electron chi connectivity index (χ2n) is 13.1. The predicted octanol–water partition coefficient (Wildman–Crippen LogP) is 2.03. The number of sulfonamides is 1. The fourth-order valence-electron chi connectivity index (χ4n) is 6.14. The number of benzene rings is 2. The molecule has 14 nitrogen and oxygen atoms in total. The van der Waals surface area contributed by atoms with E-state index in [1.165, 1.54) is 16.4 Å². The van der Waals surface area contributed by atoms with Crippen molar-refractivity contribution >= 4 is 45.4 Å². The van der Waals surface area contributed by atoms with Gasteiger partial charge in [0.05, 0.1) is 29.1 Å². The maximum Gasteiger partial charge on any atom is 0.407 e. The van der Waals surface area contributed by atoms with Crippen LogP contribution in [0.25, 0.3) is 0 Å². The second-order valence-corrected chi connectivity index (χ2v) is 15.1. The predicted molar refractivity (Wildman–Crippen MR) is 167 cm³/mol. The monoisotopic (exact) mass is 667 g/mol. The van der Waals surface area contributed by atoms with Crippen LogP contribution in [0.2, 0.25) is 0 Å². The van der Waals surface area contributed by atoms with E-state index in [0.29, 0.717) is 37.4 Å². The minimum Gasteiger partial charge on any atom is -0.487 e. The SMILES string of the molecule is CC(C)(C)OC(=O)NC1CCN(S(=O)(=O)c2cccc(OC3CN(c4ccc5c(c4)C(=O)N(C4CCC(=O)NC4=O)C5=O)C3)c2)CC1. The summed E-state index contributed by atoms with van der Waals surface area (Å²) in [6.07, 6.45) is 0.297. The number of hydrogen-bond acceptors (Lipinski definition) is 10. The Balaban J connectivity index is 1.03.